The highest BCUT2D eigenvalue weighted by Gasteiger charge is 2.26. The van der Waals surface area contributed by atoms with Crippen molar-refractivity contribution in [3.05, 3.63) is 29.6 Å². The smallest absolute Gasteiger partial charge is 0.323 e. The van der Waals surface area contributed by atoms with Crippen LogP contribution in [0.15, 0.2) is 18.3 Å². The zero-order valence-corrected chi connectivity index (χ0v) is 9.09. The fourth-order valence-corrected chi connectivity index (χ4v) is 1.43. The quantitative estimate of drug-likeness (QED) is 0.866. The minimum absolute atomic E-state index is 0.0420. The van der Waals surface area contributed by atoms with E-state index in [2.05, 4.69) is 4.98 Å². The molecule has 0 fully saturated rings. The van der Waals surface area contributed by atoms with Crippen molar-refractivity contribution in [2.75, 3.05) is 0 Å². The maximum absolute atomic E-state index is 11.9. The standard InChI is InChI=1S/C11H15F3N2/c1-8-4-6-16-10(7-8)9(15)3-2-5-11(12,13)14/h4,6-7,9H,2-3,5,15H2,1H3. The van der Waals surface area contributed by atoms with E-state index in [0.29, 0.717) is 12.1 Å². The summed E-state index contributed by atoms with van der Waals surface area (Å²) in [6.07, 6.45) is -2.92. The lowest BCUT2D eigenvalue weighted by Crippen LogP contribution is -2.14. The molecule has 0 radical (unpaired) electrons. The van der Waals surface area contributed by atoms with E-state index in [1.54, 1.807) is 12.3 Å². The number of rotatable bonds is 4. The molecule has 0 aliphatic heterocycles. The van der Waals surface area contributed by atoms with Crippen LogP contribution in [0.1, 0.15) is 36.6 Å². The Bertz CT molecular complexity index is 336. The molecule has 0 spiro atoms. The molecule has 0 saturated heterocycles. The SMILES string of the molecule is Cc1ccnc(C(N)CCCC(F)(F)F)c1. The molecule has 1 atom stereocenters. The van der Waals surface area contributed by atoms with Gasteiger partial charge in [0.1, 0.15) is 0 Å². The first kappa shape index (κ1) is 13.0. The van der Waals surface area contributed by atoms with Gasteiger partial charge in [-0.1, -0.05) is 0 Å². The van der Waals surface area contributed by atoms with Crippen LogP contribution in [0.25, 0.3) is 0 Å². The number of alkyl halides is 3. The molecule has 0 saturated carbocycles. The van der Waals surface area contributed by atoms with E-state index in [1.807, 2.05) is 13.0 Å². The predicted octanol–water partition coefficient (Wildman–Crippen LogP) is 3.12. The summed E-state index contributed by atoms with van der Waals surface area (Å²) in [5.74, 6) is 0. The van der Waals surface area contributed by atoms with Crippen molar-refractivity contribution in [2.24, 2.45) is 5.73 Å². The molecular formula is C11H15F3N2. The average molecular weight is 232 g/mol. The second-order valence-electron chi connectivity index (χ2n) is 3.87. The van der Waals surface area contributed by atoms with E-state index < -0.39 is 18.6 Å². The molecule has 0 amide bonds. The van der Waals surface area contributed by atoms with E-state index >= 15 is 0 Å². The number of aromatic nitrogens is 1. The molecule has 1 aromatic rings. The van der Waals surface area contributed by atoms with E-state index in [1.165, 1.54) is 0 Å². The summed E-state index contributed by atoms with van der Waals surface area (Å²) in [6, 6.07) is 3.21. The summed E-state index contributed by atoms with van der Waals surface area (Å²) >= 11 is 0. The molecule has 90 valence electrons. The van der Waals surface area contributed by atoms with E-state index in [4.69, 9.17) is 5.73 Å². The molecular weight excluding hydrogens is 217 g/mol. The number of nitrogens with two attached hydrogens (primary N) is 1. The van der Waals surface area contributed by atoms with Crippen LogP contribution in [-0.4, -0.2) is 11.2 Å². The number of halogens is 3. The van der Waals surface area contributed by atoms with Gasteiger partial charge in [0.25, 0.3) is 0 Å². The summed E-state index contributed by atoms with van der Waals surface area (Å²) in [7, 11) is 0. The highest BCUT2D eigenvalue weighted by Crippen LogP contribution is 2.24. The summed E-state index contributed by atoms with van der Waals surface area (Å²) in [5.41, 5.74) is 7.43. The van der Waals surface area contributed by atoms with Gasteiger partial charge in [-0.2, -0.15) is 13.2 Å². The van der Waals surface area contributed by atoms with Crippen molar-refractivity contribution in [3.8, 4) is 0 Å². The fraction of sp³-hybridized carbons (Fsp3) is 0.545. The first-order valence-corrected chi connectivity index (χ1v) is 5.13. The Hall–Kier alpha value is -1.10. The van der Waals surface area contributed by atoms with Crippen LogP contribution in [0.2, 0.25) is 0 Å². The molecule has 0 aliphatic rings. The fourth-order valence-electron chi connectivity index (χ4n) is 1.43. The Balaban J connectivity index is 2.44. The van der Waals surface area contributed by atoms with Crippen molar-refractivity contribution < 1.29 is 13.2 Å². The number of pyridine rings is 1. The zero-order valence-electron chi connectivity index (χ0n) is 9.09. The van der Waals surface area contributed by atoms with Crippen molar-refractivity contribution in [1.29, 1.82) is 0 Å². The van der Waals surface area contributed by atoms with Gasteiger partial charge in [0.2, 0.25) is 0 Å². The predicted molar refractivity (Wildman–Crippen MR) is 55.8 cm³/mol. The van der Waals surface area contributed by atoms with Crippen LogP contribution < -0.4 is 5.73 Å². The summed E-state index contributed by atoms with van der Waals surface area (Å²) < 4.78 is 35.7. The minimum atomic E-state index is -4.10. The Morgan fingerprint density at radius 3 is 2.69 bits per heavy atom. The average Bonchev–Trinajstić information content (AvgIpc) is 2.15. The van der Waals surface area contributed by atoms with Crippen molar-refractivity contribution in [3.63, 3.8) is 0 Å². The summed E-state index contributed by atoms with van der Waals surface area (Å²) in [6.45, 7) is 1.90. The topological polar surface area (TPSA) is 38.9 Å². The van der Waals surface area contributed by atoms with Crippen molar-refractivity contribution in [2.45, 2.75) is 38.4 Å². The highest BCUT2D eigenvalue weighted by atomic mass is 19.4. The van der Waals surface area contributed by atoms with Crippen LogP contribution in [-0.2, 0) is 0 Å². The Labute approximate surface area is 92.7 Å². The summed E-state index contributed by atoms with van der Waals surface area (Å²) in [4.78, 5) is 4.05. The third-order valence-electron chi connectivity index (χ3n) is 2.29. The van der Waals surface area contributed by atoms with E-state index in [0.717, 1.165) is 5.56 Å². The van der Waals surface area contributed by atoms with Gasteiger partial charge in [0.05, 0.1) is 5.69 Å². The molecule has 0 aliphatic carbocycles. The number of nitrogens with zero attached hydrogens (tertiary/aromatic N) is 1. The lowest BCUT2D eigenvalue weighted by atomic mass is 10.1. The monoisotopic (exact) mass is 232 g/mol. The normalized spacial score (nSPS) is 13.8. The lowest BCUT2D eigenvalue weighted by Gasteiger charge is -2.12. The van der Waals surface area contributed by atoms with Gasteiger partial charge in [0.15, 0.2) is 0 Å². The van der Waals surface area contributed by atoms with Gasteiger partial charge in [-0.05, 0) is 37.5 Å². The Kier molecular flexibility index (Phi) is 4.29. The first-order valence-electron chi connectivity index (χ1n) is 5.13. The Morgan fingerprint density at radius 1 is 1.44 bits per heavy atom. The third-order valence-corrected chi connectivity index (χ3v) is 2.29. The first-order chi connectivity index (χ1) is 7.38. The van der Waals surface area contributed by atoms with E-state index in [9.17, 15) is 13.2 Å². The van der Waals surface area contributed by atoms with Gasteiger partial charge in [-0.15, -0.1) is 0 Å². The second-order valence-corrected chi connectivity index (χ2v) is 3.87. The molecule has 1 aromatic heterocycles. The zero-order chi connectivity index (χ0) is 12.2. The number of hydrogen-bond acceptors (Lipinski definition) is 2. The van der Waals surface area contributed by atoms with Crippen LogP contribution in [0, 0.1) is 6.92 Å². The number of hydrogen-bond donors (Lipinski definition) is 1. The molecule has 1 unspecified atom stereocenters. The van der Waals surface area contributed by atoms with Gasteiger partial charge < -0.3 is 5.73 Å². The van der Waals surface area contributed by atoms with Crippen LogP contribution >= 0.6 is 0 Å². The molecule has 5 heteroatoms. The maximum atomic E-state index is 11.9. The molecule has 1 rings (SSSR count). The van der Waals surface area contributed by atoms with Crippen molar-refractivity contribution in [1.82, 2.24) is 4.98 Å². The molecule has 2 N–H and O–H groups in total. The highest BCUT2D eigenvalue weighted by molar-refractivity contribution is 5.16. The Morgan fingerprint density at radius 2 is 2.12 bits per heavy atom. The minimum Gasteiger partial charge on any atom is -0.323 e. The third kappa shape index (κ3) is 4.61. The van der Waals surface area contributed by atoms with Crippen LogP contribution in [0.4, 0.5) is 13.2 Å². The molecule has 0 aromatic carbocycles. The molecule has 2 nitrogen and oxygen atoms in total. The maximum Gasteiger partial charge on any atom is 0.389 e. The van der Waals surface area contributed by atoms with Gasteiger partial charge in [0, 0.05) is 18.7 Å². The van der Waals surface area contributed by atoms with Gasteiger partial charge in [-0.3, -0.25) is 4.98 Å². The van der Waals surface area contributed by atoms with Crippen molar-refractivity contribution >= 4 is 0 Å². The van der Waals surface area contributed by atoms with Gasteiger partial charge in [-0.25, -0.2) is 0 Å². The molecule has 0 bridgehead atoms. The summed E-state index contributed by atoms with van der Waals surface area (Å²) in [5, 5.41) is 0. The second kappa shape index (κ2) is 5.30. The molecule has 1 heterocycles. The van der Waals surface area contributed by atoms with Crippen LogP contribution in [0.5, 0.6) is 0 Å². The lowest BCUT2D eigenvalue weighted by molar-refractivity contribution is -0.135. The van der Waals surface area contributed by atoms with Crippen LogP contribution in [0.3, 0.4) is 0 Å². The van der Waals surface area contributed by atoms with E-state index in [-0.39, 0.29) is 6.42 Å². The largest absolute Gasteiger partial charge is 0.389 e. The number of aryl methyl sites for hydroxylation is 1. The molecule has 16 heavy (non-hydrogen) atoms. The van der Waals surface area contributed by atoms with Gasteiger partial charge >= 0.3 is 6.18 Å².